The van der Waals surface area contributed by atoms with Crippen molar-refractivity contribution in [2.75, 3.05) is 7.11 Å². The Morgan fingerprint density at radius 3 is 1.27 bits per heavy atom. The van der Waals surface area contributed by atoms with Crippen molar-refractivity contribution in [3.8, 4) is 0 Å². The molecule has 3 nitrogen and oxygen atoms in total. The first kappa shape index (κ1) is 24.3. The van der Waals surface area contributed by atoms with Crippen LogP contribution in [0.4, 0.5) is 0 Å². The smallest absolute Gasteiger partial charge is 0 e. The van der Waals surface area contributed by atoms with Crippen molar-refractivity contribution >= 4 is 0 Å². The third kappa shape index (κ3) is 41.2. The average Bonchev–Trinajstić information content (AvgIpc) is 2.83. The van der Waals surface area contributed by atoms with Crippen LogP contribution >= 0.6 is 0 Å². The maximum Gasteiger partial charge on any atom is 0 e. The fourth-order valence-corrected chi connectivity index (χ4v) is 0.457. The summed E-state index contributed by atoms with van der Waals surface area (Å²) in [5.41, 5.74) is 0. The molecule has 0 spiro atoms. The summed E-state index contributed by atoms with van der Waals surface area (Å²) >= 11 is 0. The van der Waals surface area contributed by atoms with Crippen LogP contribution in [0.25, 0.3) is 0 Å². The predicted molar refractivity (Wildman–Crippen MR) is 50.6 cm³/mol. The zero-order valence-corrected chi connectivity index (χ0v) is 9.72. The second-order valence-electron chi connectivity index (χ2n) is 1.67. The van der Waals surface area contributed by atoms with Crippen LogP contribution in [0.15, 0.2) is 0 Å². The van der Waals surface area contributed by atoms with Crippen molar-refractivity contribution in [2.24, 2.45) is 0 Å². The maximum atomic E-state index is 7.50. The number of hydrogen-bond donors (Lipinski definition) is 0. The molecule has 0 aromatic heterocycles. The number of methoxy groups -OCH3 is 1. The summed E-state index contributed by atoms with van der Waals surface area (Å²) in [7, 11) is 1.62. The Bertz CT molecular complexity index is 93.3. The first-order valence-corrected chi connectivity index (χ1v) is 3.63. The fraction of sp³-hybridized carbons (Fsp3) is 0.182. The van der Waals surface area contributed by atoms with Gasteiger partial charge in [-0.15, -0.1) is 0 Å². The summed E-state index contributed by atoms with van der Waals surface area (Å²) < 4.78 is 19.5. The second-order valence-corrected chi connectivity index (χ2v) is 1.67. The SMILES string of the molecule is C[CH][CH]OC.[C-]#[O+].[C-]#[O+].[CH]1[CH][CH][CH][CH]1.[Fe]. The summed E-state index contributed by atoms with van der Waals surface area (Å²) in [4.78, 5) is 0. The molecule has 0 atom stereocenters. The van der Waals surface area contributed by atoms with Gasteiger partial charge in [0.2, 0.25) is 0 Å². The topological polar surface area (TPSA) is 49.0 Å². The van der Waals surface area contributed by atoms with Crippen LogP contribution in [0.2, 0.25) is 0 Å². The van der Waals surface area contributed by atoms with E-state index in [1.165, 1.54) is 0 Å². The molecule has 0 aromatic rings. The molecular weight excluding hydrogens is 236 g/mol. The van der Waals surface area contributed by atoms with Crippen LogP contribution in [0.1, 0.15) is 6.92 Å². The molecule has 0 aliphatic heterocycles. The van der Waals surface area contributed by atoms with Gasteiger partial charge >= 0.3 is 22.6 Å². The van der Waals surface area contributed by atoms with E-state index < -0.39 is 0 Å². The van der Waals surface area contributed by atoms with E-state index in [1.54, 1.807) is 13.7 Å². The van der Waals surface area contributed by atoms with Gasteiger partial charge < -0.3 is 4.74 Å². The number of rotatable bonds is 2. The monoisotopic (exact) mass is 249 g/mol. The van der Waals surface area contributed by atoms with Crippen molar-refractivity contribution in [3.05, 3.63) is 58.4 Å². The largest absolute Gasteiger partial charge is 0.0312 e. The van der Waals surface area contributed by atoms with Crippen LogP contribution in [0.3, 0.4) is 0 Å². The zero-order chi connectivity index (χ0) is 11.7. The molecule has 0 saturated heterocycles. The van der Waals surface area contributed by atoms with Gasteiger partial charge in [0.05, 0.1) is 6.61 Å². The molecule has 1 saturated carbocycles. The van der Waals surface area contributed by atoms with Crippen molar-refractivity contribution in [1.29, 1.82) is 0 Å². The summed E-state index contributed by atoms with van der Waals surface area (Å²) in [6.07, 6.45) is 11.8. The minimum Gasteiger partial charge on any atom is -0.0312 e. The molecule has 1 rings (SSSR count). The Balaban J connectivity index is -0.0000000580. The summed E-state index contributed by atoms with van der Waals surface area (Å²) in [6.45, 7) is 12.5. The van der Waals surface area contributed by atoms with E-state index in [1.807, 2.05) is 45.4 Å². The first-order chi connectivity index (χ1) is 6.91. The quantitative estimate of drug-likeness (QED) is 0.419. The molecule has 0 N–H and O–H groups in total. The average molecular weight is 249 g/mol. The van der Waals surface area contributed by atoms with Gasteiger partial charge in [-0.3, -0.25) is 0 Å². The Morgan fingerprint density at radius 1 is 0.933 bits per heavy atom. The van der Waals surface area contributed by atoms with Crippen LogP contribution in [0, 0.1) is 58.4 Å². The van der Waals surface area contributed by atoms with Gasteiger partial charge in [0.1, 0.15) is 0 Å². The van der Waals surface area contributed by atoms with Gasteiger partial charge in [-0.2, -0.15) is 0 Å². The van der Waals surface area contributed by atoms with E-state index in [4.69, 9.17) is 9.30 Å². The second kappa shape index (κ2) is 37.0. The number of hydrogen-bond acceptors (Lipinski definition) is 1. The Kier molecular flexibility index (Phi) is 59.9. The van der Waals surface area contributed by atoms with Gasteiger partial charge in [0, 0.05) is 24.2 Å². The van der Waals surface area contributed by atoms with Gasteiger partial charge in [0.15, 0.2) is 0 Å². The molecule has 83 valence electrons. The summed E-state index contributed by atoms with van der Waals surface area (Å²) in [5, 5.41) is 0. The fourth-order valence-electron chi connectivity index (χ4n) is 0.457. The van der Waals surface area contributed by atoms with Crippen LogP contribution in [0.5, 0.6) is 0 Å². The third-order valence-corrected chi connectivity index (χ3v) is 0.828. The van der Waals surface area contributed by atoms with Crippen molar-refractivity contribution in [3.63, 3.8) is 0 Å². The van der Waals surface area contributed by atoms with Gasteiger partial charge in [-0.1, -0.05) is 6.92 Å². The molecule has 7 radical (unpaired) electrons. The van der Waals surface area contributed by atoms with Crippen LogP contribution in [-0.4, -0.2) is 7.11 Å². The van der Waals surface area contributed by atoms with E-state index in [9.17, 15) is 0 Å². The molecule has 1 fully saturated rings. The summed E-state index contributed by atoms with van der Waals surface area (Å²) in [5.74, 6) is 0. The zero-order valence-electron chi connectivity index (χ0n) is 8.62. The molecule has 0 amide bonds. The standard InChI is InChI=1S/C5H5.C4H8O.2CO.Fe/c1-2-4-5-3-1;1-3-4-5-2;2*1-2;/h1-5H;3-4H,1-2H3;;;. The van der Waals surface area contributed by atoms with Crippen molar-refractivity contribution in [1.82, 2.24) is 0 Å². The van der Waals surface area contributed by atoms with E-state index in [0.717, 1.165) is 0 Å². The van der Waals surface area contributed by atoms with Crippen molar-refractivity contribution in [2.45, 2.75) is 6.92 Å². The van der Waals surface area contributed by atoms with Gasteiger partial charge in [-0.05, 0) is 38.5 Å². The third-order valence-electron chi connectivity index (χ3n) is 0.828. The van der Waals surface area contributed by atoms with Gasteiger partial charge in [-0.25, -0.2) is 0 Å². The van der Waals surface area contributed by atoms with Crippen LogP contribution < -0.4 is 0 Å². The Labute approximate surface area is 104 Å². The Morgan fingerprint density at radius 2 is 1.20 bits per heavy atom. The van der Waals surface area contributed by atoms with Gasteiger partial charge in [0.25, 0.3) is 0 Å². The molecule has 15 heavy (non-hydrogen) atoms. The van der Waals surface area contributed by atoms with E-state index in [-0.39, 0.29) is 17.1 Å². The van der Waals surface area contributed by atoms with Crippen molar-refractivity contribution < 1.29 is 31.1 Å². The molecule has 4 heteroatoms. The number of ether oxygens (including phenoxy) is 1. The molecule has 0 bridgehead atoms. The molecular formula is C11H13FeO3. The maximum absolute atomic E-state index is 7.50. The van der Waals surface area contributed by atoms with E-state index in [2.05, 4.69) is 18.0 Å². The summed E-state index contributed by atoms with van der Waals surface area (Å²) in [6, 6.07) is 0. The molecule has 0 unspecified atom stereocenters. The van der Waals surface area contributed by atoms with E-state index in [0.29, 0.717) is 0 Å². The first-order valence-electron chi connectivity index (χ1n) is 3.63. The molecule has 1 aliphatic carbocycles. The molecule has 0 heterocycles. The Hall–Kier alpha value is -0.0405. The van der Waals surface area contributed by atoms with Crippen LogP contribution in [-0.2, 0) is 31.1 Å². The molecule has 0 aromatic carbocycles. The minimum absolute atomic E-state index is 0. The normalized spacial score (nSPS) is 11.1. The predicted octanol–water partition coefficient (Wildman–Crippen LogP) is 1.96. The minimum atomic E-state index is 0. The molecule has 1 aliphatic rings. The van der Waals surface area contributed by atoms with E-state index >= 15 is 0 Å².